The van der Waals surface area contributed by atoms with Crippen molar-refractivity contribution in [3.63, 3.8) is 0 Å². The van der Waals surface area contributed by atoms with Crippen molar-refractivity contribution in [1.29, 1.82) is 0 Å². The molecule has 0 aliphatic rings. The molecule has 4 rings (SSSR count). The molecule has 15 heteroatoms. The molecule has 3 aromatic heterocycles. The Morgan fingerprint density at radius 3 is 2.35 bits per heavy atom. The standard InChI is InChI=1S/C33H36F3N5O6S/c1-8-37-31(45)40-25-13-19(28-39-24(16-48-28)33(34,35)36)21(14-38-25)18-10-11-23-20(12-18)27(42)22(29(43)46-9-2)15-41(23)26(17(3)4)30(44)47-32(5,6)7/h10-17,26H,8-9H2,1-7H3,(H2,37,38,40,45). The number of carbonyl (C=O) groups excluding carboxylic acids is 3. The summed E-state index contributed by atoms with van der Waals surface area (Å²) in [6.07, 6.45) is -2.05. The second kappa shape index (κ2) is 14.1. The van der Waals surface area contributed by atoms with Gasteiger partial charge in [0, 0.05) is 40.8 Å². The number of ether oxygens (including phenoxy) is 2. The first-order valence-corrected chi connectivity index (χ1v) is 16.0. The number of nitrogens with zero attached hydrogens (tertiary/aromatic N) is 3. The van der Waals surface area contributed by atoms with Crippen LogP contribution < -0.4 is 16.1 Å². The molecule has 0 saturated carbocycles. The van der Waals surface area contributed by atoms with Gasteiger partial charge >= 0.3 is 24.1 Å². The molecule has 0 radical (unpaired) electrons. The fourth-order valence-electron chi connectivity index (χ4n) is 4.96. The molecule has 1 aromatic carbocycles. The first kappa shape index (κ1) is 36.1. The van der Waals surface area contributed by atoms with Crippen LogP contribution in [0.25, 0.3) is 32.6 Å². The molecule has 0 aliphatic carbocycles. The van der Waals surface area contributed by atoms with Crippen LogP contribution in [0.2, 0.25) is 0 Å². The Morgan fingerprint density at radius 1 is 1.06 bits per heavy atom. The maximum absolute atomic E-state index is 13.8. The van der Waals surface area contributed by atoms with Crippen molar-refractivity contribution in [3.8, 4) is 21.7 Å². The Hall–Kier alpha value is -4.79. The number of rotatable bonds is 9. The first-order valence-electron chi connectivity index (χ1n) is 15.1. The summed E-state index contributed by atoms with van der Waals surface area (Å²) in [6.45, 7) is 12.4. The predicted octanol–water partition coefficient (Wildman–Crippen LogP) is 7.06. The molecule has 1 unspecified atom stereocenters. The van der Waals surface area contributed by atoms with Crippen LogP contribution in [0.5, 0.6) is 0 Å². The van der Waals surface area contributed by atoms with Gasteiger partial charge in [0.1, 0.15) is 28.0 Å². The summed E-state index contributed by atoms with van der Waals surface area (Å²) >= 11 is 0.746. The summed E-state index contributed by atoms with van der Waals surface area (Å²) in [5, 5.41) is 6.00. The Balaban J connectivity index is 1.99. The lowest BCUT2D eigenvalue weighted by atomic mass is 9.97. The molecule has 1 atom stereocenters. The SMILES string of the molecule is CCNC(=O)Nc1cc(-c2nc(C(F)(F)F)cs2)c(-c2ccc3c(c2)c(=O)c(C(=O)OCC)cn3C(C(=O)OC(C)(C)C)C(C)C)cn1. The van der Waals surface area contributed by atoms with E-state index in [1.807, 2.05) is 0 Å². The highest BCUT2D eigenvalue weighted by molar-refractivity contribution is 7.13. The predicted molar refractivity (Wildman–Crippen MR) is 176 cm³/mol. The van der Waals surface area contributed by atoms with Gasteiger partial charge in [-0.3, -0.25) is 10.1 Å². The number of benzene rings is 1. The number of nitrogens with one attached hydrogen (secondary N) is 2. The third kappa shape index (κ3) is 8.01. The van der Waals surface area contributed by atoms with Crippen LogP contribution >= 0.6 is 11.3 Å². The van der Waals surface area contributed by atoms with Crippen LogP contribution in [-0.4, -0.2) is 51.3 Å². The molecule has 256 valence electrons. The van der Waals surface area contributed by atoms with Gasteiger partial charge in [0.15, 0.2) is 5.69 Å². The topological polar surface area (TPSA) is 142 Å². The molecule has 0 fully saturated rings. The number of alkyl halides is 3. The van der Waals surface area contributed by atoms with E-state index in [0.29, 0.717) is 23.2 Å². The molecule has 0 bridgehead atoms. The number of halogens is 3. The number of hydrogen-bond acceptors (Lipinski definition) is 9. The quantitative estimate of drug-likeness (QED) is 0.178. The zero-order valence-electron chi connectivity index (χ0n) is 27.4. The van der Waals surface area contributed by atoms with Gasteiger partial charge < -0.3 is 19.4 Å². The Morgan fingerprint density at radius 2 is 1.77 bits per heavy atom. The highest BCUT2D eigenvalue weighted by atomic mass is 32.1. The molecule has 0 saturated heterocycles. The minimum atomic E-state index is -4.69. The van der Waals surface area contributed by atoms with Crippen molar-refractivity contribution in [2.45, 2.75) is 66.3 Å². The summed E-state index contributed by atoms with van der Waals surface area (Å²) in [5.74, 6) is -1.75. The number of thiazole rings is 1. The number of aromatic nitrogens is 3. The van der Waals surface area contributed by atoms with Gasteiger partial charge in [-0.25, -0.2) is 24.4 Å². The molecular formula is C33H36F3N5O6S. The molecule has 48 heavy (non-hydrogen) atoms. The van der Waals surface area contributed by atoms with Crippen LogP contribution in [0.1, 0.15) is 70.6 Å². The summed E-state index contributed by atoms with van der Waals surface area (Å²) in [4.78, 5) is 60.6. The molecule has 4 aromatic rings. The maximum Gasteiger partial charge on any atom is 0.434 e. The molecule has 0 spiro atoms. The van der Waals surface area contributed by atoms with Gasteiger partial charge in [-0.1, -0.05) is 19.9 Å². The van der Waals surface area contributed by atoms with Crippen LogP contribution in [0.4, 0.5) is 23.8 Å². The van der Waals surface area contributed by atoms with Crippen molar-refractivity contribution >= 4 is 46.0 Å². The van der Waals surface area contributed by atoms with Crippen LogP contribution in [0.3, 0.4) is 0 Å². The number of urea groups is 1. The number of carbonyl (C=O) groups is 3. The lowest BCUT2D eigenvalue weighted by molar-refractivity contribution is -0.160. The Bertz CT molecular complexity index is 1910. The van der Waals surface area contributed by atoms with Crippen LogP contribution in [0.15, 0.2) is 46.8 Å². The average molecular weight is 688 g/mol. The average Bonchev–Trinajstić information content (AvgIpc) is 3.49. The van der Waals surface area contributed by atoms with Gasteiger partial charge in [0.05, 0.1) is 12.1 Å². The van der Waals surface area contributed by atoms with Crippen molar-refractivity contribution in [2.75, 3.05) is 18.5 Å². The molecule has 11 nitrogen and oxygen atoms in total. The third-order valence-corrected chi connectivity index (χ3v) is 7.80. The van der Waals surface area contributed by atoms with E-state index < -0.39 is 46.9 Å². The molecule has 3 heterocycles. The summed E-state index contributed by atoms with van der Waals surface area (Å²) in [7, 11) is 0. The number of hydrogen-bond donors (Lipinski definition) is 2. The van der Waals surface area contributed by atoms with E-state index in [1.54, 1.807) is 60.6 Å². The van der Waals surface area contributed by atoms with E-state index in [9.17, 15) is 32.3 Å². The van der Waals surface area contributed by atoms with Crippen LogP contribution in [0, 0.1) is 5.92 Å². The zero-order chi connectivity index (χ0) is 35.6. The summed E-state index contributed by atoms with van der Waals surface area (Å²) in [6, 6.07) is 4.54. The second-order valence-electron chi connectivity index (χ2n) is 12.1. The van der Waals surface area contributed by atoms with E-state index in [2.05, 4.69) is 20.6 Å². The van der Waals surface area contributed by atoms with Gasteiger partial charge in [-0.15, -0.1) is 11.3 Å². The van der Waals surface area contributed by atoms with E-state index in [4.69, 9.17) is 9.47 Å². The highest BCUT2D eigenvalue weighted by Crippen LogP contribution is 2.39. The monoisotopic (exact) mass is 687 g/mol. The van der Waals surface area contributed by atoms with Crippen molar-refractivity contribution in [3.05, 3.63) is 63.5 Å². The van der Waals surface area contributed by atoms with Crippen molar-refractivity contribution < 1.29 is 37.0 Å². The number of anilines is 1. The molecule has 2 amide bonds. The van der Waals surface area contributed by atoms with Crippen molar-refractivity contribution in [2.24, 2.45) is 5.92 Å². The second-order valence-corrected chi connectivity index (χ2v) is 12.9. The molecular weight excluding hydrogens is 651 g/mol. The largest absolute Gasteiger partial charge is 0.462 e. The fourth-order valence-corrected chi connectivity index (χ4v) is 5.81. The summed E-state index contributed by atoms with van der Waals surface area (Å²) in [5.41, 5.74) is -1.75. The minimum Gasteiger partial charge on any atom is -0.462 e. The number of pyridine rings is 2. The highest BCUT2D eigenvalue weighted by Gasteiger charge is 2.35. The van der Waals surface area contributed by atoms with E-state index >= 15 is 0 Å². The van der Waals surface area contributed by atoms with E-state index in [-0.39, 0.29) is 39.9 Å². The molecule has 0 aliphatic heterocycles. The number of fused-ring (bicyclic) bond motifs is 1. The lowest BCUT2D eigenvalue weighted by Gasteiger charge is -2.29. The number of amides is 2. The normalized spacial score (nSPS) is 12.6. The fraction of sp³-hybridized carbons (Fsp3) is 0.394. The van der Waals surface area contributed by atoms with Gasteiger partial charge in [0.2, 0.25) is 5.43 Å². The summed E-state index contributed by atoms with van der Waals surface area (Å²) < 4.78 is 52.9. The molecule has 2 N–H and O–H groups in total. The van der Waals surface area contributed by atoms with E-state index in [1.165, 1.54) is 29.1 Å². The van der Waals surface area contributed by atoms with E-state index in [0.717, 1.165) is 16.7 Å². The maximum atomic E-state index is 13.8. The number of esters is 2. The van der Waals surface area contributed by atoms with Gasteiger partial charge in [0.25, 0.3) is 0 Å². The Kier molecular flexibility index (Phi) is 10.6. The minimum absolute atomic E-state index is 0.00452. The van der Waals surface area contributed by atoms with Gasteiger partial charge in [-0.05, 0) is 64.3 Å². The smallest absolute Gasteiger partial charge is 0.434 e. The Labute approximate surface area is 278 Å². The first-order chi connectivity index (χ1) is 22.4. The zero-order valence-corrected chi connectivity index (χ0v) is 28.3. The van der Waals surface area contributed by atoms with Crippen molar-refractivity contribution in [1.82, 2.24) is 19.9 Å². The van der Waals surface area contributed by atoms with Gasteiger partial charge in [-0.2, -0.15) is 13.2 Å². The lowest BCUT2D eigenvalue weighted by Crippen LogP contribution is -2.34. The third-order valence-electron chi connectivity index (χ3n) is 6.93. The van der Waals surface area contributed by atoms with Crippen LogP contribution in [-0.2, 0) is 20.4 Å².